The maximum atomic E-state index is 12.8. The van der Waals surface area contributed by atoms with Crippen LogP contribution in [0.25, 0.3) is 0 Å². The Morgan fingerprint density at radius 1 is 1.17 bits per heavy atom. The largest absolute Gasteiger partial charge is 0.497 e. The molecule has 2 aliphatic heterocycles. The van der Waals surface area contributed by atoms with Crippen molar-refractivity contribution in [2.45, 2.75) is 42.3 Å². The van der Waals surface area contributed by atoms with E-state index in [-0.39, 0.29) is 11.7 Å². The zero-order valence-corrected chi connectivity index (χ0v) is 15.0. The molecule has 7 heteroatoms. The third-order valence-electron chi connectivity index (χ3n) is 5.11. The predicted octanol–water partition coefficient (Wildman–Crippen LogP) is 2.04. The summed E-state index contributed by atoms with van der Waals surface area (Å²) in [6, 6.07) is 6.53. The quantitative estimate of drug-likeness (QED) is 0.827. The number of benzene rings is 1. The highest BCUT2D eigenvalue weighted by Crippen LogP contribution is 2.37. The number of rotatable bonds is 4. The van der Waals surface area contributed by atoms with E-state index in [0.29, 0.717) is 43.2 Å². The predicted molar refractivity (Wildman–Crippen MR) is 89.7 cm³/mol. The molecule has 0 radical (unpaired) electrons. The van der Waals surface area contributed by atoms with Crippen molar-refractivity contribution in [3.05, 3.63) is 24.3 Å². The van der Waals surface area contributed by atoms with Gasteiger partial charge in [-0.25, -0.2) is 8.42 Å². The lowest BCUT2D eigenvalue weighted by molar-refractivity contribution is -0.144. The second kappa shape index (κ2) is 7.00. The third-order valence-corrected chi connectivity index (χ3v) is 7.02. The van der Waals surface area contributed by atoms with Gasteiger partial charge in [-0.15, -0.1) is 0 Å². The molecule has 0 bridgehead atoms. The zero-order chi connectivity index (χ0) is 17.2. The molecule has 134 valence electrons. The smallest absolute Gasteiger partial charge is 0.243 e. The van der Waals surface area contributed by atoms with Crippen LogP contribution >= 0.6 is 0 Å². The molecule has 1 spiro atoms. The monoisotopic (exact) mass is 355 g/mol. The summed E-state index contributed by atoms with van der Waals surface area (Å²) in [5, 5.41) is 0. The first-order valence-corrected chi connectivity index (χ1v) is 9.74. The summed E-state index contributed by atoms with van der Waals surface area (Å²) in [7, 11) is -0.181. The Hall–Kier alpha value is -1.15. The number of ether oxygens (including phenoxy) is 3. The van der Waals surface area contributed by atoms with Gasteiger partial charge in [0.2, 0.25) is 10.0 Å². The highest BCUT2D eigenvalue weighted by atomic mass is 32.2. The fourth-order valence-corrected chi connectivity index (χ4v) is 5.00. The van der Waals surface area contributed by atoms with Gasteiger partial charge in [0, 0.05) is 33.2 Å². The van der Waals surface area contributed by atoms with Crippen molar-refractivity contribution in [3.8, 4) is 5.75 Å². The number of nitrogens with zero attached hydrogens (tertiary/aromatic N) is 1. The summed E-state index contributed by atoms with van der Waals surface area (Å²) >= 11 is 0. The number of piperidine rings is 1. The average molecular weight is 355 g/mol. The lowest BCUT2D eigenvalue weighted by Crippen LogP contribution is -2.51. The van der Waals surface area contributed by atoms with E-state index in [9.17, 15) is 8.42 Å². The van der Waals surface area contributed by atoms with Gasteiger partial charge in [-0.2, -0.15) is 4.31 Å². The number of hydrogen-bond acceptors (Lipinski definition) is 5. The Morgan fingerprint density at radius 3 is 2.42 bits per heavy atom. The van der Waals surface area contributed by atoms with Crippen LogP contribution in [0.15, 0.2) is 29.2 Å². The molecule has 2 saturated heterocycles. The van der Waals surface area contributed by atoms with Gasteiger partial charge in [-0.3, -0.25) is 0 Å². The van der Waals surface area contributed by atoms with Gasteiger partial charge in [0.25, 0.3) is 0 Å². The van der Waals surface area contributed by atoms with Gasteiger partial charge < -0.3 is 14.2 Å². The summed E-state index contributed by atoms with van der Waals surface area (Å²) in [6.45, 7) is 1.64. The summed E-state index contributed by atoms with van der Waals surface area (Å²) in [5.41, 5.74) is -0.231. The van der Waals surface area contributed by atoms with Crippen LogP contribution in [0.4, 0.5) is 0 Å². The SMILES string of the molecule is COc1ccc(S(=O)(=O)N2CCC3(CC2)CC(OC)CCO3)cc1. The second-order valence-corrected chi connectivity index (χ2v) is 8.40. The Bertz CT molecular complexity index is 650. The van der Waals surface area contributed by atoms with Crippen molar-refractivity contribution < 1.29 is 22.6 Å². The maximum absolute atomic E-state index is 12.8. The summed E-state index contributed by atoms with van der Waals surface area (Å²) in [4.78, 5) is 0.304. The van der Waals surface area contributed by atoms with E-state index in [2.05, 4.69) is 0 Å². The number of sulfonamides is 1. The topological polar surface area (TPSA) is 65.1 Å². The number of methoxy groups -OCH3 is 2. The van der Waals surface area contributed by atoms with Crippen molar-refractivity contribution in [2.24, 2.45) is 0 Å². The second-order valence-electron chi connectivity index (χ2n) is 6.46. The lowest BCUT2D eigenvalue weighted by atomic mass is 9.84. The molecule has 2 fully saturated rings. The van der Waals surface area contributed by atoms with E-state index in [4.69, 9.17) is 14.2 Å². The number of hydrogen-bond donors (Lipinski definition) is 0. The minimum absolute atomic E-state index is 0.212. The van der Waals surface area contributed by atoms with Gasteiger partial charge in [-0.05, 0) is 43.5 Å². The average Bonchev–Trinajstić information content (AvgIpc) is 2.62. The maximum Gasteiger partial charge on any atom is 0.243 e. The van der Waals surface area contributed by atoms with Crippen LogP contribution in [0.3, 0.4) is 0 Å². The first-order chi connectivity index (χ1) is 11.5. The van der Waals surface area contributed by atoms with Crippen LogP contribution in [-0.2, 0) is 19.5 Å². The van der Waals surface area contributed by atoms with Crippen LogP contribution in [-0.4, -0.2) is 58.3 Å². The van der Waals surface area contributed by atoms with Gasteiger partial charge in [0.05, 0.1) is 23.7 Å². The van der Waals surface area contributed by atoms with Crippen LogP contribution in [0.2, 0.25) is 0 Å². The molecule has 0 aliphatic carbocycles. The molecule has 6 nitrogen and oxygen atoms in total. The first-order valence-electron chi connectivity index (χ1n) is 8.30. The molecule has 1 unspecified atom stereocenters. The Balaban J connectivity index is 1.69. The zero-order valence-electron chi connectivity index (χ0n) is 14.2. The van der Waals surface area contributed by atoms with Gasteiger partial charge in [0.15, 0.2) is 0 Å². The van der Waals surface area contributed by atoms with E-state index in [1.165, 1.54) is 0 Å². The molecule has 24 heavy (non-hydrogen) atoms. The molecule has 0 aromatic heterocycles. The van der Waals surface area contributed by atoms with Crippen LogP contribution in [0.1, 0.15) is 25.7 Å². The summed E-state index contributed by atoms with van der Waals surface area (Å²) in [6.07, 6.45) is 3.39. The molecule has 2 aliphatic rings. The molecular formula is C17H25NO5S. The van der Waals surface area contributed by atoms with E-state index in [0.717, 1.165) is 12.8 Å². The fraction of sp³-hybridized carbons (Fsp3) is 0.647. The molecule has 1 aromatic rings. The first kappa shape index (κ1) is 17.7. The van der Waals surface area contributed by atoms with Crippen LogP contribution in [0, 0.1) is 0 Å². The highest BCUT2D eigenvalue weighted by Gasteiger charge is 2.42. The van der Waals surface area contributed by atoms with Crippen molar-refractivity contribution in [1.29, 1.82) is 0 Å². The Labute approximate surface area is 143 Å². The Kier molecular flexibility index (Phi) is 5.15. The van der Waals surface area contributed by atoms with Gasteiger partial charge >= 0.3 is 0 Å². The van der Waals surface area contributed by atoms with Crippen LogP contribution in [0.5, 0.6) is 5.75 Å². The van der Waals surface area contributed by atoms with E-state index in [1.807, 2.05) is 0 Å². The van der Waals surface area contributed by atoms with Crippen molar-refractivity contribution in [1.82, 2.24) is 4.31 Å². The summed E-state index contributed by atoms with van der Waals surface area (Å²) < 4.78 is 43.7. The van der Waals surface area contributed by atoms with E-state index >= 15 is 0 Å². The molecular weight excluding hydrogens is 330 g/mol. The van der Waals surface area contributed by atoms with Crippen molar-refractivity contribution in [2.75, 3.05) is 33.9 Å². The Morgan fingerprint density at radius 2 is 1.83 bits per heavy atom. The summed E-state index contributed by atoms with van der Waals surface area (Å²) in [5.74, 6) is 0.646. The lowest BCUT2D eigenvalue weighted by Gasteiger charge is -2.45. The fourth-order valence-electron chi connectivity index (χ4n) is 3.56. The molecule has 0 N–H and O–H groups in total. The molecule has 1 aromatic carbocycles. The standard InChI is InChI=1S/C17H25NO5S/c1-21-14-3-5-16(6-4-14)24(19,20)18-10-8-17(9-11-18)13-15(22-2)7-12-23-17/h3-6,15H,7-13H2,1-2H3. The molecule has 0 amide bonds. The normalized spacial score (nSPS) is 24.8. The van der Waals surface area contributed by atoms with Crippen molar-refractivity contribution >= 4 is 10.0 Å². The minimum Gasteiger partial charge on any atom is -0.497 e. The van der Waals surface area contributed by atoms with Gasteiger partial charge in [-0.1, -0.05) is 0 Å². The van der Waals surface area contributed by atoms with Crippen LogP contribution < -0.4 is 4.74 Å². The third kappa shape index (κ3) is 3.44. The molecule has 0 saturated carbocycles. The van der Waals surface area contributed by atoms with Crippen molar-refractivity contribution in [3.63, 3.8) is 0 Å². The van der Waals surface area contributed by atoms with E-state index in [1.54, 1.807) is 42.8 Å². The van der Waals surface area contributed by atoms with E-state index < -0.39 is 10.0 Å². The molecule has 2 heterocycles. The minimum atomic E-state index is -3.47. The van der Waals surface area contributed by atoms with Gasteiger partial charge in [0.1, 0.15) is 5.75 Å². The highest BCUT2D eigenvalue weighted by molar-refractivity contribution is 7.89. The molecule has 3 rings (SSSR count). The molecule has 1 atom stereocenters.